The van der Waals surface area contributed by atoms with Gasteiger partial charge in [0.15, 0.2) is 5.82 Å². The van der Waals surface area contributed by atoms with Gasteiger partial charge in [-0.2, -0.15) is 4.98 Å². The van der Waals surface area contributed by atoms with Gasteiger partial charge in [0.2, 0.25) is 5.89 Å². The first-order valence-electron chi connectivity index (χ1n) is 6.14. The van der Waals surface area contributed by atoms with Crippen LogP contribution in [0.15, 0.2) is 38.2 Å². The predicted molar refractivity (Wildman–Crippen MR) is 81.4 cm³/mol. The van der Waals surface area contributed by atoms with Crippen LogP contribution in [0, 0.1) is 0 Å². The molecular formula is C13H16BrN3O2S. The number of benzene rings is 1. The van der Waals surface area contributed by atoms with E-state index in [1.807, 2.05) is 24.3 Å². The molecule has 7 heteroatoms. The van der Waals surface area contributed by atoms with Crippen LogP contribution in [0.5, 0.6) is 0 Å². The van der Waals surface area contributed by atoms with E-state index in [9.17, 15) is 0 Å². The molecule has 0 amide bonds. The molecule has 2 aromatic rings. The lowest BCUT2D eigenvalue weighted by Crippen LogP contribution is -2.13. The van der Waals surface area contributed by atoms with Crippen molar-refractivity contribution in [2.75, 3.05) is 13.7 Å². The highest BCUT2D eigenvalue weighted by Crippen LogP contribution is 2.24. The van der Waals surface area contributed by atoms with Crippen LogP contribution in [-0.2, 0) is 10.5 Å². The molecule has 1 aromatic heterocycles. The quantitative estimate of drug-likeness (QED) is 0.767. The van der Waals surface area contributed by atoms with Crippen LogP contribution in [-0.4, -0.2) is 23.9 Å². The summed E-state index contributed by atoms with van der Waals surface area (Å²) in [7, 11) is 1.64. The van der Waals surface area contributed by atoms with Crippen molar-refractivity contribution in [3.63, 3.8) is 0 Å². The number of methoxy groups -OCH3 is 1. The standard InChI is InChI=1S/C13H16BrN3O2S/c1-18-7-6-11(15)13-16-12(17-19-13)8-20-10-4-2-9(14)3-5-10/h2-5,11H,6-8,15H2,1H3. The Labute approximate surface area is 130 Å². The third kappa shape index (κ3) is 4.59. The smallest absolute Gasteiger partial charge is 0.243 e. The zero-order chi connectivity index (χ0) is 14.4. The van der Waals surface area contributed by atoms with Crippen molar-refractivity contribution < 1.29 is 9.26 Å². The number of nitrogens with zero attached hydrogens (tertiary/aromatic N) is 2. The van der Waals surface area contributed by atoms with Gasteiger partial charge in [-0.25, -0.2) is 0 Å². The molecule has 0 aliphatic rings. The van der Waals surface area contributed by atoms with E-state index in [1.165, 1.54) is 0 Å². The Hall–Kier alpha value is -0.890. The molecule has 1 aromatic carbocycles. The summed E-state index contributed by atoms with van der Waals surface area (Å²) in [5.41, 5.74) is 5.93. The molecule has 1 heterocycles. The number of hydrogen-bond donors (Lipinski definition) is 1. The van der Waals surface area contributed by atoms with E-state index < -0.39 is 0 Å². The lowest BCUT2D eigenvalue weighted by molar-refractivity contribution is 0.182. The van der Waals surface area contributed by atoms with E-state index in [-0.39, 0.29) is 6.04 Å². The van der Waals surface area contributed by atoms with Crippen LogP contribution in [0.2, 0.25) is 0 Å². The van der Waals surface area contributed by atoms with E-state index in [0.29, 0.717) is 30.5 Å². The first-order valence-corrected chi connectivity index (χ1v) is 7.92. The summed E-state index contributed by atoms with van der Waals surface area (Å²) < 4.78 is 11.2. The topological polar surface area (TPSA) is 74.2 Å². The second kappa shape index (κ2) is 7.78. The van der Waals surface area contributed by atoms with Crippen LogP contribution in [0.25, 0.3) is 0 Å². The van der Waals surface area contributed by atoms with Gasteiger partial charge in [-0.05, 0) is 30.7 Å². The Morgan fingerprint density at radius 2 is 2.15 bits per heavy atom. The number of ether oxygens (including phenoxy) is 1. The minimum Gasteiger partial charge on any atom is -0.385 e. The van der Waals surface area contributed by atoms with Crippen LogP contribution < -0.4 is 5.73 Å². The second-order valence-corrected chi connectivity index (χ2v) is 6.14. The molecule has 0 radical (unpaired) electrons. The average molecular weight is 358 g/mol. The van der Waals surface area contributed by atoms with Gasteiger partial charge in [-0.3, -0.25) is 0 Å². The third-order valence-corrected chi connectivity index (χ3v) is 4.15. The van der Waals surface area contributed by atoms with Crippen molar-refractivity contribution in [1.29, 1.82) is 0 Å². The number of rotatable bonds is 7. The summed E-state index contributed by atoms with van der Waals surface area (Å²) in [5, 5.41) is 3.94. The highest BCUT2D eigenvalue weighted by molar-refractivity contribution is 9.10. The van der Waals surface area contributed by atoms with Gasteiger partial charge in [0.05, 0.1) is 11.8 Å². The largest absolute Gasteiger partial charge is 0.385 e. The Morgan fingerprint density at radius 3 is 2.85 bits per heavy atom. The lowest BCUT2D eigenvalue weighted by Gasteiger charge is -2.04. The normalized spacial score (nSPS) is 12.6. The summed E-state index contributed by atoms with van der Waals surface area (Å²) in [6, 6.07) is 7.82. The molecule has 0 bridgehead atoms. The van der Waals surface area contributed by atoms with Crippen LogP contribution in [0.3, 0.4) is 0 Å². The van der Waals surface area contributed by atoms with Gasteiger partial charge in [0.1, 0.15) is 0 Å². The number of thioether (sulfide) groups is 1. The Bertz CT molecular complexity index is 533. The molecule has 0 aliphatic heterocycles. The maximum atomic E-state index is 5.93. The van der Waals surface area contributed by atoms with E-state index in [2.05, 4.69) is 26.1 Å². The Morgan fingerprint density at radius 1 is 1.40 bits per heavy atom. The van der Waals surface area contributed by atoms with Crippen molar-refractivity contribution in [2.45, 2.75) is 23.1 Å². The average Bonchev–Trinajstić information content (AvgIpc) is 2.93. The molecule has 20 heavy (non-hydrogen) atoms. The molecule has 1 atom stereocenters. The number of nitrogens with two attached hydrogens (primary N) is 1. The fourth-order valence-electron chi connectivity index (χ4n) is 1.52. The maximum absolute atomic E-state index is 5.93. The molecule has 0 aliphatic carbocycles. The van der Waals surface area contributed by atoms with E-state index in [0.717, 1.165) is 9.37 Å². The summed E-state index contributed by atoms with van der Waals surface area (Å²) in [4.78, 5) is 5.46. The molecule has 0 fully saturated rings. The molecule has 0 spiro atoms. The Kier molecular flexibility index (Phi) is 6.03. The number of hydrogen-bond acceptors (Lipinski definition) is 6. The molecule has 0 saturated heterocycles. The fraction of sp³-hybridized carbons (Fsp3) is 0.385. The molecule has 2 rings (SSSR count). The number of aromatic nitrogens is 2. The lowest BCUT2D eigenvalue weighted by atomic mass is 10.2. The molecule has 0 saturated carbocycles. The van der Waals surface area contributed by atoms with Crippen LogP contribution >= 0.6 is 27.7 Å². The minimum atomic E-state index is -0.270. The van der Waals surface area contributed by atoms with Crippen molar-refractivity contribution in [3.8, 4) is 0 Å². The Balaban J connectivity index is 1.87. The van der Waals surface area contributed by atoms with Crippen molar-refractivity contribution in [1.82, 2.24) is 10.1 Å². The van der Waals surface area contributed by atoms with E-state index in [4.69, 9.17) is 15.0 Å². The zero-order valence-electron chi connectivity index (χ0n) is 11.1. The first-order chi connectivity index (χ1) is 9.69. The summed E-state index contributed by atoms with van der Waals surface area (Å²) >= 11 is 5.06. The van der Waals surface area contributed by atoms with Crippen molar-refractivity contribution in [3.05, 3.63) is 40.5 Å². The summed E-state index contributed by atoms with van der Waals surface area (Å²) in [5.74, 6) is 1.77. The SMILES string of the molecule is COCCC(N)c1nc(CSc2ccc(Br)cc2)no1. The third-order valence-electron chi connectivity index (χ3n) is 2.62. The monoisotopic (exact) mass is 357 g/mol. The molecule has 108 valence electrons. The van der Waals surface area contributed by atoms with Crippen LogP contribution in [0.1, 0.15) is 24.2 Å². The fourth-order valence-corrected chi connectivity index (χ4v) is 2.53. The maximum Gasteiger partial charge on any atom is 0.243 e. The van der Waals surface area contributed by atoms with E-state index in [1.54, 1.807) is 18.9 Å². The molecule has 2 N–H and O–H groups in total. The highest BCUT2D eigenvalue weighted by Gasteiger charge is 2.14. The summed E-state index contributed by atoms with van der Waals surface area (Å²) in [6.07, 6.45) is 0.665. The molecule has 5 nitrogen and oxygen atoms in total. The van der Waals surface area contributed by atoms with Gasteiger partial charge in [0.25, 0.3) is 0 Å². The highest BCUT2D eigenvalue weighted by atomic mass is 79.9. The van der Waals surface area contributed by atoms with Crippen molar-refractivity contribution >= 4 is 27.7 Å². The van der Waals surface area contributed by atoms with E-state index >= 15 is 0 Å². The first kappa shape index (κ1) is 15.5. The minimum absolute atomic E-state index is 0.270. The zero-order valence-corrected chi connectivity index (χ0v) is 13.5. The van der Waals surface area contributed by atoms with Gasteiger partial charge in [0, 0.05) is 23.1 Å². The molecule has 1 unspecified atom stereocenters. The van der Waals surface area contributed by atoms with Gasteiger partial charge in [-0.1, -0.05) is 21.1 Å². The van der Waals surface area contributed by atoms with Gasteiger partial charge in [-0.15, -0.1) is 11.8 Å². The van der Waals surface area contributed by atoms with Crippen LogP contribution in [0.4, 0.5) is 0 Å². The van der Waals surface area contributed by atoms with Crippen molar-refractivity contribution in [2.24, 2.45) is 5.73 Å². The molecular weight excluding hydrogens is 342 g/mol. The summed E-state index contributed by atoms with van der Waals surface area (Å²) in [6.45, 7) is 0.576. The predicted octanol–water partition coefficient (Wildman–Crippen LogP) is 3.16. The van der Waals surface area contributed by atoms with Gasteiger partial charge >= 0.3 is 0 Å². The van der Waals surface area contributed by atoms with Gasteiger partial charge < -0.3 is 15.0 Å². The second-order valence-electron chi connectivity index (χ2n) is 4.18. The number of halogens is 1.